The molecule has 176 valence electrons. The van der Waals surface area contributed by atoms with Gasteiger partial charge in [0.15, 0.2) is 5.82 Å². The van der Waals surface area contributed by atoms with Gasteiger partial charge >= 0.3 is 6.18 Å². The van der Waals surface area contributed by atoms with Crippen molar-refractivity contribution in [2.24, 2.45) is 0 Å². The number of hydrogen-bond donors (Lipinski definition) is 0. The van der Waals surface area contributed by atoms with Gasteiger partial charge in [-0.2, -0.15) is 13.2 Å². The molecule has 7 heteroatoms. The zero-order valence-corrected chi connectivity index (χ0v) is 18.6. The van der Waals surface area contributed by atoms with Crippen LogP contribution in [0.25, 0.3) is 11.0 Å². The second-order valence-corrected chi connectivity index (χ2v) is 7.49. The Morgan fingerprint density at radius 2 is 1.39 bits per heavy atom. The number of fused-ring (bicyclic) bond motifs is 1. The number of aryl methyl sites for hydroxylation is 3. The van der Waals surface area contributed by atoms with Crippen LogP contribution in [0.3, 0.4) is 0 Å². The van der Waals surface area contributed by atoms with Crippen LogP contribution in [-0.4, -0.2) is 0 Å². The lowest BCUT2D eigenvalue weighted by Gasteiger charge is -2.05. The van der Waals surface area contributed by atoms with Crippen molar-refractivity contribution < 1.29 is 30.8 Å². The highest BCUT2D eigenvalue weighted by molar-refractivity contribution is 5.80. The Bertz CT molecular complexity index is 1190. The molecule has 33 heavy (non-hydrogen) atoms. The molecule has 0 N–H and O–H groups in total. The number of furan rings is 1. The van der Waals surface area contributed by atoms with Crippen LogP contribution in [-0.2, 0) is 6.18 Å². The summed E-state index contributed by atoms with van der Waals surface area (Å²) in [6.45, 7) is 7.08. The van der Waals surface area contributed by atoms with Gasteiger partial charge in [0, 0.05) is 5.56 Å². The number of halogens is 6. The van der Waals surface area contributed by atoms with Gasteiger partial charge in [-0.05, 0) is 56.5 Å². The van der Waals surface area contributed by atoms with Crippen LogP contribution in [0.4, 0.5) is 26.3 Å². The Hall–Kier alpha value is -3.22. The molecule has 0 radical (unpaired) electrons. The standard InChI is InChI=1S/C9H10F2.C9H7FO.C8H7F3/c1-6-4-3-5-8(7(6)2)9(10)11;1-6-3-2-4-7-8(10)5-11-9(6)7;1-6-3-2-4-7(5-6)8(9,10)11/h3-5,9H,1-2H3;2*2-5H,1H3. The van der Waals surface area contributed by atoms with Crippen molar-refractivity contribution in [3.05, 3.63) is 106 Å². The van der Waals surface area contributed by atoms with E-state index in [2.05, 4.69) is 0 Å². The molecule has 0 bridgehead atoms. The molecule has 0 saturated carbocycles. The molecular formula is C26H24F6O. The van der Waals surface area contributed by atoms with Crippen LogP contribution in [0.15, 0.2) is 71.3 Å². The Balaban J connectivity index is 0.000000175. The van der Waals surface area contributed by atoms with E-state index in [4.69, 9.17) is 4.42 Å². The molecule has 0 aliphatic rings. The van der Waals surface area contributed by atoms with Gasteiger partial charge in [-0.3, -0.25) is 0 Å². The van der Waals surface area contributed by atoms with Crippen LogP contribution in [0.1, 0.15) is 39.8 Å². The van der Waals surface area contributed by atoms with E-state index < -0.39 is 18.2 Å². The maximum absolute atomic E-state index is 12.8. The topological polar surface area (TPSA) is 13.1 Å². The zero-order chi connectivity index (χ0) is 24.8. The fourth-order valence-electron chi connectivity index (χ4n) is 3.00. The van der Waals surface area contributed by atoms with Crippen molar-refractivity contribution in [3.63, 3.8) is 0 Å². The Morgan fingerprint density at radius 3 is 1.91 bits per heavy atom. The van der Waals surface area contributed by atoms with E-state index in [1.807, 2.05) is 32.0 Å². The first-order valence-electron chi connectivity index (χ1n) is 10.0. The molecule has 4 aromatic rings. The van der Waals surface area contributed by atoms with Gasteiger partial charge in [-0.1, -0.05) is 54.1 Å². The summed E-state index contributed by atoms with van der Waals surface area (Å²) >= 11 is 0. The molecule has 0 aliphatic carbocycles. The highest BCUT2D eigenvalue weighted by Crippen LogP contribution is 2.29. The SMILES string of the molecule is Cc1cccc(C(F)(F)F)c1.Cc1cccc(C(F)F)c1C.Cc1cccc2c(F)coc12. The number of hydrogen-bond acceptors (Lipinski definition) is 1. The molecule has 0 aliphatic heterocycles. The highest BCUT2D eigenvalue weighted by Gasteiger charge is 2.29. The van der Waals surface area contributed by atoms with Crippen molar-refractivity contribution in [2.45, 2.75) is 40.3 Å². The Morgan fingerprint density at radius 1 is 0.788 bits per heavy atom. The van der Waals surface area contributed by atoms with Crippen molar-refractivity contribution >= 4 is 11.0 Å². The van der Waals surface area contributed by atoms with Gasteiger partial charge in [0.25, 0.3) is 6.43 Å². The monoisotopic (exact) mass is 466 g/mol. The zero-order valence-electron chi connectivity index (χ0n) is 18.6. The lowest BCUT2D eigenvalue weighted by atomic mass is 10.0. The molecule has 0 fully saturated rings. The van der Waals surface area contributed by atoms with Crippen molar-refractivity contribution in [2.75, 3.05) is 0 Å². The van der Waals surface area contributed by atoms with E-state index in [-0.39, 0.29) is 11.4 Å². The third kappa shape index (κ3) is 7.14. The summed E-state index contributed by atoms with van der Waals surface area (Å²) in [5.74, 6) is -0.288. The summed E-state index contributed by atoms with van der Waals surface area (Å²) in [5.41, 5.74) is 3.41. The molecule has 0 amide bonds. The molecule has 0 atom stereocenters. The summed E-state index contributed by atoms with van der Waals surface area (Å²) in [4.78, 5) is 0. The summed E-state index contributed by atoms with van der Waals surface area (Å²) in [7, 11) is 0. The second kappa shape index (κ2) is 11.1. The Labute approximate surface area is 188 Å². The smallest absolute Gasteiger partial charge is 0.416 e. The second-order valence-electron chi connectivity index (χ2n) is 7.49. The molecule has 1 nitrogen and oxygen atoms in total. The summed E-state index contributed by atoms with van der Waals surface area (Å²) in [6, 6.07) is 15.6. The summed E-state index contributed by atoms with van der Waals surface area (Å²) < 4.78 is 78.2. The Kier molecular flexibility index (Phi) is 8.74. The maximum Gasteiger partial charge on any atom is 0.416 e. The first-order valence-corrected chi connectivity index (χ1v) is 10.0. The molecule has 4 rings (SSSR count). The van der Waals surface area contributed by atoms with E-state index in [1.54, 1.807) is 32.0 Å². The first kappa shape index (κ1) is 26.0. The van der Waals surface area contributed by atoms with E-state index >= 15 is 0 Å². The largest absolute Gasteiger partial charge is 0.461 e. The molecule has 0 unspecified atom stereocenters. The van der Waals surface area contributed by atoms with Gasteiger partial charge in [0.2, 0.25) is 0 Å². The average Bonchev–Trinajstić information content (AvgIpc) is 3.12. The molecule has 1 heterocycles. The van der Waals surface area contributed by atoms with Crippen LogP contribution >= 0.6 is 0 Å². The number of benzene rings is 3. The minimum absolute atomic E-state index is 0.144. The van der Waals surface area contributed by atoms with Crippen LogP contribution < -0.4 is 0 Å². The molecular weight excluding hydrogens is 442 g/mol. The van der Waals surface area contributed by atoms with Crippen molar-refractivity contribution in [3.8, 4) is 0 Å². The van der Waals surface area contributed by atoms with E-state index in [1.165, 1.54) is 12.1 Å². The van der Waals surface area contributed by atoms with Gasteiger partial charge in [-0.15, -0.1) is 0 Å². The maximum atomic E-state index is 12.8. The van der Waals surface area contributed by atoms with Crippen LogP contribution in [0, 0.1) is 33.5 Å². The van der Waals surface area contributed by atoms with Crippen LogP contribution in [0.5, 0.6) is 0 Å². The van der Waals surface area contributed by atoms with Gasteiger partial charge in [0.05, 0.1) is 10.9 Å². The average molecular weight is 466 g/mol. The van der Waals surface area contributed by atoms with E-state index in [9.17, 15) is 26.3 Å². The minimum atomic E-state index is -4.22. The normalized spacial score (nSPS) is 11.0. The van der Waals surface area contributed by atoms with Gasteiger partial charge < -0.3 is 4.42 Å². The summed E-state index contributed by atoms with van der Waals surface area (Å²) in [6.07, 6.45) is -5.43. The fraction of sp³-hybridized carbons (Fsp3) is 0.231. The molecule has 0 spiro atoms. The first-order chi connectivity index (χ1) is 15.4. The minimum Gasteiger partial charge on any atom is -0.461 e. The molecule has 3 aromatic carbocycles. The predicted octanol–water partition coefficient (Wildman–Crippen LogP) is 9.14. The summed E-state index contributed by atoms with van der Waals surface area (Å²) in [5, 5.41) is 0.560. The number of para-hydroxylation sites is 1. The third-order valence-corrected chi connectivity index (χ3v) is 4.98. The van der Waals surface area contributed by atoms with Gasteiger partial charge in [-0.25, -0.2) is 13.2 Å². The van der Waals surface area contributed by atoms with Crippen LogP contribution in [0.2, 0.25) is 0 Å². The molecule has 1 aromatic heterocycles. The lowest BCUT2D eigenvalue weighted by molar-refractivity contribution is -0.137. The lowest BCUT2D eigenvalue weighted by Crippen LogP contribution is -2.04. The van der Waals surface area contributed by atoms with Gasteiger partial charge in [0.1, 0.15) is 11.8 Å². The predicted molar refractivity (Wildman–Crippen MR) is 118 cm³/mol. The van der Waals surface area contributed by atoms with Crippen molar-refractivity contribution in [1.29, 1.82) is 0 Å². The van der Waals surface area contributed by atoms with E-state index in [0.717, 1.165) is 29.5 Å². The third-order valence-electron chi connectivity index (χ3n) is 4.98. The van der Waals surface area contributed by atoms with Crippen molar-refractivity contribution in [1.82, 2.24) is 0 Å². The highest BCUT2D eigenvalue weighted by atomic mass is 19.4. The quantitative estimate of drug-likeness (QED) is 0.255. The van der Waals surface area contributed by atoms with E-state index in [0.29, 0.717) is 22.1 Å². The number of rotatable bonds is 1. The number of alkyl halides is 5. The molecule has 0 saturated heterocycles. The fourth-order valence-corrected chi connectivity index (χ4v) is 3.00.